The maximum Gasteiger partial charge on any atom is 0.286 e. The van der Waals surface area contributed by atoms with Crippen molar-refractivity contribution in [3.05, 3.63) is 67.1 Å². The zero-order valence-electron chi connectivity index (χ0n) is 14.7. The van der Waals surface area contributed by atoms with Crippen molar-refractivity contribution in [2.45, 2.75) is 6.92 Å². The third-order valence-electron chi connectivity index (χ3n) is 4.87. The van der Waals surface area contributed by atoms with Crippen LogP contribution in [0.4, 0.5) is 0 Å². The monoisotopic (exact) mass is 409 g/mol. The fraction of sp³-hybridized carbons (Fsp3) is 0.0952. The van der Waals surface area contributed by atoms with E-state index in [1.807, 2.05) is 25.5 Å². The molecule has 0 atom stereocenters. The Morgan fingerprint density at radius 3 is 2.69 bits per heavy atom. The average molecular weight is 409 g/mol. The van der Waals surface area contributed by atoms with Gasteiger partial charge in [0.15, 0.2) is 5.52 Å². The van der Waals surface area contributed by atoms with Gasteiger partial charge in [-0.05, 0) is 22.5 Å². The molecule has 0 spiro atoms. The molecular weight excluding hydrogens is 394 g/mol. The molecule has 0 bridgehead atoms. The molecule has 0 aliphatic heterocycles. The molecule has 3 nitrogen and oxygen atoms in total. The Kier molecular flexibility index (Phi) is 4.85. The van der Waals surface area contributed by atoms with Crippen LogP contribution in [0.5, 0.6) is 0 Å². The van der Waals surface area contributed by atoms with Gasteiger partial charge >= 0.3 is 0 Å². The topological polar surface area (TPSA) is 22.7 Å². The molecule has 0 fully saturated rings. The number of hydrogen-bond donors (Lipinski definition) is 0. The summed E-state index contributed by atoms with van der Waals surface area (Å²) < 4.78 is 3.82. The molecule has 0 aliphatic rings. The Morgan fingerprint density at radius 2 is 1.88 bits per heavy atom. The average Bonchev–Trinajstić information content (AvgIpc) is 2.60. The smallest absolute Gasteiger partial charge is 0.286 e. The Labute approximate surface area is 178 Å². The first kappa shape index (κ1) is 18.9. The first-order valence-corrected chi connectivity index (χ1v) is 7.93. The molecule has 0 saturated carbocycles. The van der Waals surface area contributed by atoms with E-state index in [1.54, 1.807) is 4.24 Å². The molecular formula is C21H15BN3Y. The summed E-state index contributed by atoms with van der Waals surface area (Å²) in [5.41, 5.74) is 5.19. The van der Waals surface area contributed by atoms with Crippen LogP contribution in [-0.4, -0.2) is 13.4 Å². The molecule has 26 heavy (non-hydrogen) atoms. The van der Waals surface area contributed by atoms with Gasteiger partial charge in [0.1, 0.15) is 5.52 Å². The molecule has 5 aromatic rings. The number of nitrogens with zero attached hydrogens (tertiary/aromatic N) is 3. The van der Waals surface area contributed by atoms with E-state index >= 15 is 0 Å². The van der Waals surface area contributed by atoms with Crippen molar-refractivity contribution < 1.29 is 41.5 Å². The minimum Gasteiger partial charge on any atom is -0.347 e. The summed E-state index contributed by atoms with van der Waals surface area (Å²) in [5.74, 6) is 0. The summed E-state index contributed by atoms with van der Waals surface area (Å²) in [6.45, 7) is 8.60. The zero-order chi connectivity index (χ0) is 16.4. The first-order valence-electron chi connectivity index (χ1n) is 7.93. The molecule has 2 aromatic heterocycles. The van der Waals surface area contributed by atoms with E-state index in [2.05, 4.69) is 47.9 Å². The third-order valence-corrected chi connectivity index (χ3v) is 4.87. The van der Waals surface area contributed by atoms with E-state index in [0.29, 0.717) is 0 Å². The van der Waals surface area contributed by atoms with Gasteiger partial charge in [0.25, 0.3) is 6.33 Å². The van der Waals surface area contributed by atoms with Crippen LogP contribution in [0.15, 0.2) is 48.8 Å². The van der Waals surface area contributed by atoms with Gasteiger partial charge in [-0.1, -0.05) is 30.5 Å². The predicted molar refractivity (Wildman–Crippen MR) is 100 cm³/mol. The number of fused-ring (bicyclic) bond motifs is 4. The molecule has 5 heteroatoms. The molecule has 3 aromatic carbocycles. The second kappa shape index (κ2) is 6.68. The minimum absolute atomic E-state index is 0. The van der Waals surface area contributed by atoms with E-state index in [-0.39, 0.29) is 41.1 Å². The van der Waals surface area contributed by atoms with Gasteiger partial charge in [-0.25, -0.2) is 4.57 Å². The van der Waals surface area contributed by atoms with Crippen LogP contribution in [0.3, 0.4) is 0 Å². The Morgan fingerprint density at radius 1 is 1.12 bits per heavy atom. The number of aryl methyl sites for hydroxylation is 2. The van der Waals surface area contributed by atoms with Gasteiger partial charge in [0.05, 0.1) is 24.7 Å². The zero-order valence-corrected chi connectivity index (χ0v) is 17.5. The van der Waals surface area contributed by atoms with Gasteiger partial charge in [-0.2, -0.15) is 23.8 Å². The van der Waals surface area contributed by atoms with Crippen molar-refractivity contribution in [2.75, 3.05) is 0 Å². The normalized spacial score (nSPS) is 11.0. The van der Waals surface area contributed by atoms with Crippen LogP contribution in [-0.2, 0) is 39.8 Å². The quantitative estimate of drug-likeness (QED) is 0.127. The van der Waals surface area contributed by atoms with Crippen molar-refractivity contribution in [2.24, 2.45) is 7.05 Å². The van der Waals surface area contributed by atoms with Gasteiger partial charge in [-0.3, -0.25) is 0 Å². The molecule has 0 amide bonds. The first-order chi connectivity index (χ1) is 11.7. The number of aromatic nitrogens is 3. The second-order valence-corrected chi connectivity index (χ2v) is 6.30. The molecule has 2 heterocycles. The number of hydrogen-bond acceptors (Lipinski definition) is 1. The van der Waals surface area contributed by atoms with Crippen molar-refractivity contribution in [1.29, 1.82) is 0 Å². The van der Waals surface area contributed by atoms with E-state index in [1.165, 1.54) is 5.56 Å². The standard InChI is InChI=1S/C21H15N3.B.Y/c1-13-7-6-10-16-18(13)21-19-17(24(16)3)11-14-8-4-5-9-15(14)20(19)22-12-23(21)2;;/h3-9,11-12H,1-2H3;;. The van der Waals surface area contributed by atoms with Crippen molar-refractivity contribution in [3.63, 3.8) is 0 Å². The Bertz CT molecular complexity index is 1350. The number of pyridine rings is 1. The van der Waals surface area contributed by atoms with Crippen LogP contribution in [0, 0.1) is 19.7 Å². The SMILES string of the molecule is [B].[CH-]=[n+]1c2[c-]ccc(C)c2c2c3c(nc[n+]2C)c2ccccc2cc31.[Y]. The van der Waals surface area contributed by atoms with Crippen molar-refractivity contribution in [3.8, 4) is 0 Å². The van der Waals surface area contributed by atoms with Gasteiger partial charge in [-0.15, -0.1) is 0 Å². The molecule has 120 valence electrons. The molecule has 0 unspecified atom stereocenters. The summed E-state index contributed by atoms with van der Waals surface area (Å²) in [5, 5.41) is 4.50. The fourth-order valence-corrected chi connectivity index (χ4v) is 3.75. The van der Waals surface area contributed by atoms with Crippen molar-refractivity contribution >= 4 is 52.0 Å². The fourth-order valence-electron chi connectivity index (χ4n) is 3.75. The van der Waals surface area contributed by atoms with Gasteiger partial charge in [0.2, 0.25) is 0 Å². The predicted octanol–water partition coefficient (Wildman–Crippen LogP) is 2.77. The number of rotatable bonds is 0. The summed E-state index contributed by atoms with van der Waals surface area (Å²) >= 11 is 0. The summed E-state index contributed by atoms with van der Waals surface area (Å²) in [4.78, 5) is 4.72. The second-order valence-electron chi connectivity index (χ2n) is 6.30. The maximum absolute atomic E-state index is 6.49. The van der Waals surface area contributed by atoms with Crippen LogP contribution >= 0.6 is 0 Å². The largest absolute Gasteiger partial charge is 0.347 e. The maximum atomic E-state index is 6.49. The summed E-state index contributed by atoms with van der Waals surface area (Å²) in [6, 6.07) is 17.8. The Hall–Kier alpha value is -1.90. The van der Waals surface area contributed by atoms with E-state index in [9.17, 15) is 0 Å². The summed E-state index contributed by atoms with van der Waals surface area (Å²) in [7, 11) is 2.03. The van der Waals surface area contributed by atoms with Gasteiger partial charge in [0, 0.05) is 52.0 Å². The molecule has 5 rings (SSSR count). The van der Waals surface area contributed by atoms with Crippen LogP contribution in [0.2, 0.25) is 0 Å². The van der Waals surface area contributed by atoms with E-state index in [0.717, 1.165) is 43.6 Å². The number of benzene rings is 3. The van der Waals surface area contributed by atoms with Crippen LogP contribution in [0.25, 0.3) is 43.6 Å². The third kappa shape index (κ3) is 2.39. The van der Waals surface area contributed by atoms with Crippen LogP contribution in [0.1, 0.15) is 5.56 Å². The van der Waals surface area contributed by atoms with E-state index in [4.69, 9.17) is 11.7 Å². The van der Waals surface area contributed by atoms with Crippen LogP contribution < -0.4 is 8.81 Å². The molecule has 4 radical (unpaired) electrons. The molecule has 0 aliphatic carbocycles. The summed E-state index contributed by atoms with van der Waals surface area (Å²) in [6.07, 6.45) is 1.89. The van der Waals surface area contributed by atoms with E-state index < -0.39 is 0 Å². The molecule has 0 saturated heterocycles. The van der Waals surface area contributed by atoms with Gasteiger partial charge < -0.3 is 4.24 Å². The van der Waals surface area contributed by atoms with Crippen molar-refractivity contribution in [1.82, 2.24) is 4.98 Å². The molecule has 0 N–H and O–H groups in total. The Balaban J connectivity index is 0.000000980. The minimum atomic E-state index is 0.